The van der Waals surface area contributed by atoms with E-state index in [0.717, 1.165) is 0 Å². The summed E-state index contributed by atoms with van der Waals surface area (Å²) in [5.41, 5.74) is 0.238. The smallest absolute Gasteiger partial charge is 0.387 e. The second-order valence-corrected chi connectivity index (χ2v) is 3.73. The lowest BCUT2D eigenvalue weighted by Crippen LogP contribution is -2.13. The molecule has 2 rings (SSSR count). The third kappa shape index (κ3) is 3.41. The van der Waals surface area contributed by atoms with Crippen LogP contribution in [0, 0.1) is 0 Å². The number of aromatic hydroxyl groups is 1. The summed E-state index contributed by atoms with van der Waals surface area (Å²) >= 11 is 0. The molecule has 0 unspecified atom stereocenters. The van der Waals surface area contributed by atoms with Gasteiger partial charge in [-0.3, -0.25) is 4.79 Å². The van der Waals surface area contributed by atoms with Crippen molar-refractivity contribution in [3.63, 3.8) is 0 Å². The second kappa shape index (κ2) is 5.96. The Morgan fingerprint density at radius 3 is 2.55 bits per heavy atom. The van der Waals surface area contributed by atoms with Crippen molar-refractivity contribution in [1.82, 2.24) is 4.98 Å². The second-order valence-electron chi connectivity index (χ2n) is 3.73. The van der Waals surface area contributed by atoms with E-state index in [4.69, 9.17) is 0 Å². The minimum absolute atomic E-state index is 0.0151. The zero-order valence-electron chi connectivity index (χ0n) is 10.1. The van der Waals surface area contributed by atoms with E-state index in [1.54, 1.807) is 0 Å². The predicted octanol–water partition coefficient (Wildman–Crippen LogP) is 2.64. The summed E-state index contributed by atoms with van der Waals surface area (Å²) in [6.07, 6.45) is 1.37. The Morgan fingerprint density at radius 1 is 1.25 bits per heavy atom. The van der Waals surface area contributed by atoms with Crippen LogP contribution >= 0.6 is 0 Å². The number of nitrogens with zero attached hydrogens (tertiary/aromatic N) is 1. The zero-order chi connectivity index (χ0) is 14.5. The lowest BCUT2D eigenvalue weighted by molar-refractivity contribution is -0.0498. The van der Waals surface area contributed by atoms with Gasteiger partial charge < -0.3 is 15.2 Å². The molecule has 104 valence electrons. The molecule has 0 aliphatic heterocycles. The van der Waals surface area contributed by atoms with Gasteiger partial charge in [-0.15, -0.1) is 0 Å². The first-order valence-corrected chi connectivity index (χ1v) is 5.56. The van der Waals surface area contributed by atoms with Gasteiger partial charge >= 0.3 is 6.61 Å². The zero-order valence-corrected chi connectivity index (χ0v) is 10.1. The highest BCUT2D eigenvalue weighted by molar-refractivity contribution is 6.04. The number of rotatable bonds is 4. The molecule has 1 aromatic carbocycles. The Bertz CT molecular complexity index is 603. The van der Waals surface area contributed by atoms with Gasteiger partial charge in [-0.1, -0.05) is 0 Å². The van der Waals surface area contributed by atoms with E-state index in [0.29, 0.717) is 5.69 Å². The van der Waals surface area contributed by atoms with Crippen LogP contribution in [0.2, 0.25) is 0 Å². The van der Waals surface area contributed by atoms with Crippen molar-refractivity contribution in [1.29, 1.82) is 0 Å². The van der Waals surface area contributed by atoms with Crippen molar-refractivity contribution >= 4 is 11.6 Å². The van der Waals surface area contributed by atoms with Crippen LogP contribution in [0.15, 0.2) is 42.6 Å². The molecule has 0 fully saturated rings. The maximum absolute atomic E-state index is 12.0. The maximum Gasteiger partial charge on any atom is 0.387 e. The SMILES string of the molecule is O=C(Nc1ccc(OC(F)F)cc1)c1ncccc1O. The van der Waals surface area contributed by atoms with Crippen LogP contribution in [0.4, 0.5) is 14.5 Å². The number of halogens is 2. The van der Waals surface area contributed by atoms with Crippen LogP contribution in [0.25, 0.3) is 0 Å². The van der Waals surface area contributed by atoms with Crippen LogP contribution in [0.5, 0.6) is 11.5 Å². The van der Waals surface area contributed by atoms with Crippen LogP contribution in [0.3, 0.4) is 0 Å². The van der Waals surface area contributed by atoms with Crippen molar-refractivity contribution in [3.8, 4) is 11.5 Å². The highest BCUT2D eigenvalue weighted by Gasteiger charge is 2.12. The summed E-state index contributed by atoms with van der Waals surface area (Å²) in [5, 5.41) is 12.0. The summed E-state index contributed by atoms with van der Waals surface area (Å²) in [7, 11) is 0. The van der Waals surface area contributed by atoms with Gasteiger partial charge in [-0.05, 0) is 36.4 Å². The van der Waals surface area contributed by atoms with Crippen molar-refractivity contribution in [2.24, 2.45) is 0 Å². The van der Waals surface area contributed by atoms with Crippen LogP contribution in [-0.4, -0.2) is 22.6 Å². The molecule has 0 spiro atoms. The standard InChI is InChI=1S/C13H10F2N2O3/c14-13(15)20-9-5-3-8(4-6-9)17-12(19)11-10(18)2-1-7-16-11/h1-7,13,18H,(H,17,19). The number of carbonyl (C=O) groups is 1. The molecule has 0 radical (unpaired) electrons. The maximum atomic E-state index is 12.0. The average Bonchev–Trinajstić information content (AvgIpc) is 2.41. The van der Waals surface area contributed by atoms with Gasteiger partial charge in [0.25, 0.3) is 5.91 Å². The highest BCUT2D eigenvalue weighted by atomic mass is 19.3. The number of benzene rings is 1. The molecular weight excluding hydrogens is 270 g/mol. The number of pyridine rings is 1. The van der Waals surface area contributed by atoms with E-state index in [2.05, 4.69) is 15.0 Å². The molecular formula is C13H10F2N2O3. The molecule has 0 aliphatic rings. The van der Waals surface area contributed by atoms with E-state index in [1.807, 2.05) is 0 Å². The lowest BCUT2D eigenvalue weighted by atomic mass is 10.2. The molecule has 5 nitrogen and oxygen atoms in total. The fraction of sp³-hybridized carbons (Fsp3) is 0.0769. The summed E-state index contributed by atoms with van der Waals surface area (Å²) in [6, 6.07) is 8.20. The summed E-state index contributed by atoms with van der Waals surface area (Å²) in [5.74, 6) is -0.869. The molecule has 0 aliphatic carbocycles. The number of aromatic nitrogens is 1. The number of amides is 1. The van der Waals surface area contributed by atoms with E-state index in [-0.39, 0.29) is 17.2 Å². The largest absolute Gasteiger partial charge is 0.505 e. The molecule has 20 heavy (non-hydrogen) atoms. The monoisotopic (exact) mass is 280 g/mol. The first-order valence-electron chi connectivity index (χ1n) is 5.56. The average molecular weight is 280 g/mol. The van der Waals surface area contributed by atoms with Crippen molar-refractivity contribution in [2.45, 2.75) is 6.61 Å². The minimum Gasteiger partial charge on any atom is -0.505 e. The van der Waals surface area contributed by atoms with Crippen LogP contribution in [0.1, 0.15) is 10.5 Å². The fourth-order valence-electron chi connectivity index (χ4n) is 1.48. The number of anilines is 1. The molecule has 1 heterocycles. The minimum atomic E-state index is -2.90. The van der Waals surface area contributed by atoms with Gasteiger partial charge in [0, 0.05) is 11.9 Å². The normalized spacial score (nSPS) is 10.3. The fourth-order valence-corrected chi connectivity index (χ4v) is 1.48. The van der Waals surface area contributed by atoms with Gasteiger partial charge in [-0.25, -0.2) is 4.98 Å². The van der Waals surface area contributed by atoms with Gasteiger partial charge in [0.15, 0.2) is 5.69 Å². The van der Waals surface area contributed by atoms with Crippen LogP contribution < -0.4 is 10.1 Å². The molecule has 0 saturated heterocycles. The molecule has 2 N–H and O–H groups in total. The van der Waals surface area contributed by atoms with Crippen molar-refractivity contribution < 1.29 is 23.4 Å². The molecule has 0 atom stereocenters. The van der Waals surface area contributed by atoms with Gasteiger partial charge in [0.05, 0.1) is 0 Å². The Hall–Kier alpha value is -2.70. The molecule has 1 amide bonds. The van der Waals surface area contributed by atoms with E-state index < -0.39 is 12.5 Å². The Labute approximate surface area is 112 Å². The number of nitrogens with one attached hydrogen (secondary N) is 1. The first kappa shape index (κ1) is 13.7. The van der Waals surface area contributed by atoms with Gasteiger partial charge in [0.2, 0.25) is 0 Å². The van der Waals surface area contributed by atoms with E-state index >= 15 is 0 Å². The van der Waals surface area contributed by atoms with Gasteiger partial charge in [0.1, 0.15) is 11.5 Å². The Balaban J connectivity index is 2.07. The van der Waals surface area contributed by atoms with Crippen molar-refractivity contribution in [2.75, 3.05) is 5.32 Å². The molecule has 0 saturated carbocycles. The quantitative estimate of drug-likeness (QED) is 0.903. The first-order chi connectivity index (χ1) is 9.56. The summed E-state index contributed by atoms with van der Waals surface area (Å²) in [4.78, 5) is 15.6. The predicted molar refractivity (Wildman–Crippen MR) is 66.9 cm³/mol. The van der Waals surface area contributed by atoms with E-state index in [1.165, 1.54) is 42.6 Å². The van der Waals surface area contributed by atoms with Crippen LogP contribution in [-0.2, 0) is 0 Å². The molecule has 1 aromatic heterocycles. The molecule has 2 aromatic rings. The molecule has 0 bridgehead atoms. The Kier molecular flexibility index (Phi) is 4.09. The number of hydrogen-bond donors (Lipinski definition) is 2. The number of carbonyl (C=O) groups excluding carboxylic acids is 1. The summed E-state index contributed by atoms with van der Waals surface area (Å²) in [6.45, 7) is -2.90. The van der Waals surface area contributed by atoms with Gasteiger partial charge in [-0.2, -0.15) is 8.78 Å². The lowest BCUT2D eigenvalue weighted by Gasteiger charge is -2.07. The third-order valence-corrected chi connectivity index (χ3v) is 2.34. The number of alkyl halides is 2. The number of hydrogen-bond acceptors (Lipinski definition) is 4. The molecule has 7 heteroatoms. The summed E-state index contributed by atoms with van der Waals surface area (Å²) < 4.78 is 28.1. The Morgan fingerprint density at radius 2 is 1.95 bits per heavy atom. The van der Waals surface area contributed by atoms with E-state index in [9.17, 15) is 18.7 Å². The van der Waals surface area contributed by atoms with Crippen molar-refractivity contribution in [3.05, 3.63) is 48.3 Å². The highest BCUT2D eigenvalue weighted by Crippen LogP contribution is 2.19. The number of ether oxygens (including phenoxy) is 1. The third-order valence-electron chi connectivity index (χ3n) is 2.34. The topological polar surface area (TPSA) is 71.5 Å².